The predicted molar refractivity (Wildman–Crippen MR) is 120 cm³/mol. The Balaban J connectivity index is 1.29. The third kappa shape index (κ3) is 4.16. The second kappa shape index (κ2) is 8.82. The highest BCUT2D eigenvalue weighted by Gasteiger charge is 2.45. The van der Waals surface area contributed by atoms with Gasteiger partial charge in [-0.25, -0.2) is 0 Å². The van der Waals surface area contributed by atoms with Crippen LogP contribution in [0.2, 0.25) is 0 Å². The average Bonchev–Trinajstić information content (AvgIpc) is 3.36. The standard InChI is InChI=1S/C24H27N5O4/c1-15-5-6-20(22(30)27-15)29-23(31)18-3-2-4-19(21(18)24(29)32)25-11-17-12-26-28(14-17)13-16-7-9-33-10-8-16/h2-4,12,14,16,20,25H,1,5-11,13H2,(H,27,30). The lowest BCUT2D eigenvalue weighted by Crippen LogP contribution is -2.51. The number of hydrogen-bond acceptors (Lipinski definition) is 6. The van der Waals surface area contributed by atoms with Crippen LogP contribution < -0.4 is 10.6 Å². The number of piperidine rings is 1. The number of ether oxygens (including phenoxy) is 1. The molecule has 3 aliphatic heterocycles. The third-order valence-corrected chi connectivity index (χ3v) is 6.54. The molecule has 0 aliphatic carbocycles. The quantitative estimate of drug-likeness (QED) is 0.656. The summed E-state index contributed by atoms with van der Waals surface area (Å²) >= 11 is 0. The number of rotatable bonds is 6. The lowest BCUT2D eigenvalue weighted by Gasteiger charge is -2.29. The van der Waals surface area contributed by atoms with Crippen LogP contribution in [0.1, 0.15) is 52.0 Å². The smallest absolute Gasteiger partial charge is 0.264 e. The van der Waals surface area contributed by atoms with E-state index in [4.69, 9.17) is 4.74 Å². The number of allylic oxidation sites excluding steroid dienone is 1. The van der Waals surface area contributed by atoms with Gasteiger partial charge in [-0.3, -0.25) is 24.0 Å². The topological polar surface area (TPSA) is 106 Å². The monoisotopic (exact) mass is 449 g/mol. The molecule has 2 saturated heterocycles. The number of imide groups is 1. The lowest BCUT2D eigenvalue weighted by atomic mass is 10.0. The molecule has 2 N–H and O–H groups in total. The number of aromatic nitrogens is 2. The number of amides is 3. The summed E-state index contributed by atoms with van der Waals surface area (Å²) in [7, 11) is 0. The van der Waals surface area contributed by atoms with Crippen LogP contribution in [0.3, 0.4) is 0 Å². The molecule has 1 atom stereocenters. The lowest BCUT2D eigenvalue weighted by molar-refractivity contribution is -0.125. The normalized spacial score (nSPS) is 21.3. The van der Waals surface area contributed by atoms with Gasteiger partial charge in [0, 0.05) is 49.4 Å². The molecule has 5 rings (SSSR count). The fourth-order valence-electron chi connectivity index (χ4n) is 4.73. The number of hydrogen-bond donors (Lipinski definition) is 2. The summed E-state index contributed by atoms with van der Waals surface area (Å²) in [6, 6.07) is 4.33. The first-order chi connectivity index (χ1) is 16.0. The Morgan fingerprint density at radius 3 is 2.76 bits per heavy atom. The van der Waals surface area contributed by atoms with Crippen molar-refractivity contribution in [1.82, 2.24) is 20.0 Å². The first kappa shape index (κ1) is 21.4. The van der Waals surface area contributed by atoms with Crippen molar-refractivity contribution in [3.63, 3.8) is 0 Å². The van der Waals surface area contributed by atoms with Crippen LogP contribution in [0.25, 0.3) is 0 Å². The van der Waals surface area contributed by atoms with Crippen molar-refractivity contribution in [1.29, 1.82) is 0 Å². The molecule has 0 bridgehead atoms. The second-order valence-corrected chi connectivity index (χ2v) is 8.84. The molecule has 172 valence electrons. The van der Waals surface area contributed by atoms with Gasteiger partial charge in [-0.2, -0.15) is 5.10 Å². The van der Waals surface area contributed by atoms with Gasteiger partial charge in [0.1, 0.15) is 6.04 Å². The van der Waals surface area contributed by atoms with Gasteiger partial charge in [-0.1, -0.05) is 12.6 Å². The largest absolute Gasteiger partial charge is 0.381 e. The van der Waals surface area contributed by atoms with Gasteiger partial charge in [-0.15, -0.1) is 0 Å². The maximum atomic E-state index is 13.2. The Bertz CT molecular complexity index is 1120. The number of carbonyl (C=O) groups is 3. The van der Waals surface area contributed by atoms with Crippen LogP contribution in [0.15, 0.2) is 42.9 Å². The average molecular weight is 450 g/mol. The zero-order valence-corrected chi connectivity index (χ0v) is 18.4. The van der Waals surface area contributed by atoms with Gasteiger partial charge in [0.05, 0.1) is 17.3 Å². The van der Waals surface area contributed by atoms with E-state index in [0.29, 0.717) is 47.8 Å². The van der Waals surface area contributed by atoms with Crippen molar-refractivity contribution >= 4 is 23.4 Å². The van der Waals surface area contributed by atoms with Gasteiger partial charge >= 0.3 is 0 Å². The van der Waals surface area contributed by atoms with E-state index in [1.54, 1.807) is 18.2 Å². The van der Waals surface area contributed by atoms with E-state index in [1.165, 1.54) is 0 Å². The molecule has 1 aromatic carbocycles. The maximum Gasteiger partial charge on any atom is 0.264 e. The second-order valence-electron chi connectivity index (χ2n) is 8.84. The van der Waals surface area contributed by atoms with Crippen molar-refractivity contribution < 1.29 is 19.1 Å². The van der Waals surface area contributed by atoms with Crippen LogP contribution >= 0.6 is 0 Å². The van der Waals surface area contributed by atoms with E-state index >= 15 is 0 Å². The van der Waals surface area contributed by atoms with Crippen LogP contribution in [0, 0.1) is 5.92 Å². The number of anilines is 1. The van der Waals surface area contributed by atoms with Crippen molar-refractivity contribution in [3.8, 4) is 0 Å². The van der Waals surface area contributed by atoms with E-state index < -0.39 is 17.9 Å². The molecule has 3 aliphatic rings. The molecular formula is C24H27N5O4. The van der Waals surface area contributed by atoms with Crippen LogP contribution in [-0.2, 0) is 22.6 Å². The minimum atomic E-state index is -0.820. The predicted octanol–water partition coefficient (Wildman–Crippen LogP) is 2.31. The summed E-state index contributed by atoms with van der Waals surface area (Å²) in [6.45, 7) is 6.70. The van der Waals surface area contributed by atoms with E-state index in [2.05, 4.69) is 22.3 Å². The molecule has 33 heavy (non-hydrogen) atoms. The molecule has 1 aromatic heterocycles. The first-order valence-corrected chi connectivity index (χ1v) is 11.3. The maximum absolute atomic E-state index is 13.2. The van der Waals surface area contributed by atoms with Crippen LogP contribution in [0.5, 0.6) is 0 Å². The summed E-state index contributed by atoms with van der Waals surface area (Å²) in [5.74, 6) is -0.676. The Labute approximate surface area is 191 Å². The van der Waals surface area contributed by atoms with Crippen LogP contribution in [-0.4, -0.2) is 51.7 Å². The molecule has 2 aromatic rings. The number of carbonyl (C=O) groups excluding carboxylic acids is 3. The van der Waals surface area contributed by atoms with E-state index in [-0.39, 0.29) is 5.91 Å². The zero-order valence-electron chi connectivity index (χ0n) is 18.4. The number of nitrogens with one attached hydrogen (secondary N) is 2. The minimum absolute atomic E-state index is 0.314. The van der Waals surface area contributed by atoms with Gasteiger partial charge in [0.2, 0.25) is 5.91 Å². The molecule has 2 fully saturated rings. The molecule has 1 unspecified atom stereocenters. The summed E-state index contributed by atoms with van der Waals surface area (Å²) < 4.78 is 7.37. The van der Waals surface area contributed by atoms with Crippen molar-refractivity contribution in [3.05, 3.63) is 59.6 Å². The molecule has 9 nitrogen and oxygen atoms in total. The Kier molecular flexibility index (Phi) is 5.72. The summed E-state index contributed by atoms with van der Waals surface area (Å²) in [6.07, 6.45) is 6.82. The van der Waals surface area contributed by atoms with E-state index in [9.17, 15) is 14.4 Å². The fraction of sp³-hybridized carbons (Fsp3) is 0.417. The van der Waals surface area contributed by atoms with Crippen molar-refractivity contribution in [2.24, 2.45) is 5.92 Å². The SMILES string of the molecule is C=C1CCC(N2C(=O)c3cccc(NCc4cnn(CC5CCOCC5)c4)c3C2=O)C(=O)N1. The van der Waals surface area contributed by atoms with Crippen molar-refractivity contribution in [2.45, 2.75) is 44.8 Å². The van der Waals surface area contributed by atoms with E-state index in [1.807, 2.05) is 17.1 Å². The van der Waals surface area contributed by atoms with Gasteiger partial charge < -0.3 is 15.4 Å². The van der Waals surface area contributed by atoms with E-state index in [0.717, 1.165) is 43.1 Å². The molecular weight excluding hydrogens is 422 g/mol. The van der Waals surface area contributed by atoms with Gasteiger partial charge in [-0.05, 0) is 43.7 Å². The number of fused-ring (bicyclic) bond motifs is 1. The number of nitrogens with zero attached hydrogens (tertiary/aromatic N) is 3. The third-order valence-electron chi connectivity index (χ3n) is 6.54. The highest BCUT2D eigenvalue weighted by molar-refractivity contribution is 6.25. The van der Waals surface area contributed by atoms with Gasteiger partial charge in [0.15, 0.2) is 0 Å². The zero-order chi connectivity index (χ0) is 22.9. The molecule has 0 spiro atoms. The molecule has 0 radical (unpaired) electrons. The Morgan fingerprint density at radius 2 is 1.97 bits per heavy atom. The van der Waals surface area contributed by atoms with Gasteiger partial charge in [0.25, 0.3) is 11.8 Å². The molecule has 3 amide bonds. The summed E-state index contributed by atoms with van der Waals surface area (Å²) in [4.78, 5) is 39.7. The molecule has 4 heterocycles. The highest BCUT2D eigenvalue weighted by atomic mass is 16.5. The highest BCUT2D eigenvalue weighted by Crippen LogP contribution is 2.33. The first-order valence-electron chi connectivity index (χ1n) is 11.3. The molecule has 0 saturated carbocycles. The Hall–Kier alpha value is -3.46. The number of benzene rings is 1. The minimum Gasteiger partial charge on any atom is -0.381 e. The Morgan fingerprint density at radius 1 is 1.15 bits per heavy atom. The summed E-state index contributed by atoms with van der Waals surface area (Å²) in [5, 5.41) is 10.4. The van der Waals surface area contributed by atoms with Crippen molar-refractivity contribution in [2.75, 3.05) is 18.5 Å². The summed E-state index contributed by atoms with van der Waals surface area (Å²) in [5.41, 5.74) is 2.80. The van der Waals surface area contributed by atoms with Crippen LogP contribution in [0.4, 0.5) is 5.69 Å². The molecule has 9 heteroatoms. The fourth-order valence-corrected chi connectivity index (χ4v) is 4.73.